The molecule has 1 aliphatic heterocycles. The van der Waals surface area contributed by atoms with E-state index in [4.69, 9.17) is 21.1 Å². The first-order chi connectivity index (χ1) is 7.79. The zero-order valence-corrected chi connectivity index (χ0v) is 10.2. The molecule has 2 atom stereocenters. The molecule has 0 aliphatic carbocycles. The van der Waals surface area contributed by atoms with E-state index in [1.807, 2.05) is 24.3 Å². The van der Waals surface area contributed by atoms with E-state index in [2.05, 4.69) is 6.92 Å². The maximum Gasteiger partial charge on any atom is 0.123 e. The third-order valence-corrected chi connectivity index (χ3v) is 3.15. The van der Waals surface area contributed by atoms with Gasteiger partial charge in [-0.1, -0.05) is 18.2 Å². The molecule has 0 aromatic heterocycles. The third kappa shape index (κ3) is 2.89. The normalized spacial score (nSPS) is 24.6. The van der Waals surface area contributed by atoms with Gasteiger partial charge in [-0.2, -0.15) is 0 Å². The molecule has 2 unspecified atom stereocenters. The average molecular weight is 241 g/mol. The van der Waals surface area contributed by atoms with Crippen LogP contribution in [0.15, 0.2) is 24.3 Å². The standard InChI is InChI=1S/C13H17ClO2/c1-10-6-7-12(16-10)9-15-13-5-3-2-4-11(13)8-14/h2-5,10,12H,6-9H2,1H3. The molecule has 1 aromatic carbocycles. The maximum absolute atomic E-state index is 5.84. The van der Waals surface area contributed by atoms with Crippen LogP contribution in [0.2, 0.25) is 0 Å². The molecule has 0 N–H and O–H groups in total. The van der Waals surface area contributed by atoms with Crippen LogP contribution in [0.25, 0.3) is 0 Å². The molecule has 0 saturated carbocycles. The summed E-state index contributed by atoms with van der Waals surface area (Å²) < 4.78 is 11.4. The van der Waals surface area contributed by atoms with Gasteiger partial charge >= 0.3 is 0 Å². The Bertz CT molecular complexity index is 340. The van der Waals surface area contributed by atoms with Crippen LogP contribution in [0.4, 0.5) is 0 Å². The van der Waals surface area contributed by atoms with Gasteiger partial charge in [0.2, 0.25) is 0 Å². The molecule has 0 radical (unpaired) electrons. The SMILES string of the molecule is CC1CCC(COc2ccccc2CCl)O1. The summed E-state index contributed by atoms with van der Waals surface area (Å²) in [6, 6.07) is 7.87. The second-order valence-corrected chi connectivity index (χ2v) is 4.47. The first-order valence-corrected chi connectivity index (χ1v) is 6.25. The van der Waals surface area contributed by atoms with Gasteiger partial charge in [-0.15, -0.1) is 11.6 Å². The summed E-state index contributed by atoms with van der Waals surface area (Å²) in [5, 5.41) is 0. The number of alkyl halides is 1. The van der Waals surface area contributed by atoms with Crippen molar-refractivity contribution in [2.45, 2.75) is 37.9 Å². The molecule has 1 fully saturated rings. The second kappa shape index (κ2) is 5.55. The smallest absolute Gasteiger partial charge is 0.123 e. The van der Waals surface area contributed by atoms with Crippen molar-refractivity contribution < 1.29 is 9.47 Å². The topological polar surface area (TPSA) is 18.5 Å². The highest BCUT2D eigenvalue weighted by Gasteiger charge is 2.22. The number of halogens is 1. The number of ether oxygens (including phenoxy) is 2. The summed E-state index contributed by atoms with van der Waals surface area (Å²) in [6.45, 7) is 2.73. The Kier molecular flexibility index (Phi) is 4.08. The summed E-state index contributed by atoms with van der Waals surface area (Å²) in [5.41, 5.74) is 1.04. The van der Waals surface area contributed by atoms with E-state index in [1.165, 1.54) is 0 Å². The van der Waals surface area contributed by atoms with Gasteiger partial charge in [-0.3, -0.25) is 0 Å². The first kappa shape index (κ1) is 11.7. The molecule has 2 rings (SSSR count). The van der Waals surface area contributed by atoms with Crippen LogP contribution in [-0.4, -0.2) is 18.8 Å². The lowest BCUT2D eigenvalue weighted by Gasteiger charge is -2.14. The molecule has 16 heavy (non-hydrogen) atoms. The van der Waals surface area contributed by atoms with Crippen molar-refractivity contribution in [2.75, 3.05) is 6.61 Å². The van der Waals surface area contributed by atoms with Gasteiger partial charge in [0.1, 0.15) is 12.4 Å². The van der Waals surface area contributed by atoms with Crippen LogP contribution >= 0.6 is 11.6 Å². The molecule has 0 spiro atoms. The van der Waals surface area contributed by atoms with Crippen molar-refractivity contribution in [1.82, 2.24) is 0 Å². The van der Waals surface area contributed by atoms with Gasteiger partial charge < -0.3 is 9.47 Å². The molecule has 0 bridgehead atoms. The van der Waals surface area contributed by atoms with Gasteiger partial charge in [0.05, 0.1) is 18.1 Å². The zero-order valence-electron chi connectivity index (χ0n) is 9.49. The van der Waals surface area contributed by atoms with E-state index in [0.717, 1.165) is 24.2 Å². The average Bonchev–Trinajstić information content (AvgIpc) is 2.73. The second-order valence-electron chi connectivity index (χ2n) is 4.20. The van der Waals surface area contributed by atoms with Crippen LogP contribution in [0.5, 0.6) is 5.75 Å². The number of benzene rings is 1. The van der Waals surface area contributed by atoms with Gasteiger partial charge in [0.25, 0.3) is 0 Å². The molecule has 1 aromatic rings. The van der Waals surface area contributed by atoms with E-state index in [-0.39, 0.29) is 6.10 Å². The minimum absolute atomic E-state index is 0.235. The predicted octanol–water partition coefficient (Wildman–Crippen LogP) is 3.37. The largest absolute Gasteiger partial charge is 0.491 e. The Hall–Kier alpha value is -0.730. The van der Waals surface area contributed by atoms with Crippen molar-refractivity contribution in [3.63, 3.8) is 0 Å². The summed E-state index contributed by atoms with van der Waals surface area (Å²) in [7, 11) is 0. The van der Waals surface area contributed by atoms with Crippen LogP contribution in [-0.2, 0) is 10.6 Å². The van der Waals surface area contributed by atoms with Crippen LogP contribution < -0.4 is 4.74 Å². The molecule has 1 heterocycles. The van der Waals surface area contributed by atoms with Crippen molar-refractivity contribution in [3.8, 4) is 5.75 Å². The Morgan fingerprint density at radius 2 is 2.19 bits per heavy atom. The summed E-state index contributed by atoms with van der Waals surface area (Å²) in [5.74, 6) is 1.36. The van der Waals surface area contributed by atoms with E-state index < -0.39 is 0 Å². The van der Waals surface area contributed by atoms with Crippen molar-refractivity contribution in [1.29, 1.82) is 0 Å². The molecule has 0 amide bonds. The minimum Gasteiger partial charge on any atom is -0.491 e. The number of para-hydroxylation sites is 1. The highest BCUT2D eigenvalue weighted by atomic mass is 35.5. The van der Waals surface area contributed by atoms with E-state index >= 15 is 0 Å². The quantitative estimate of drug-likeness (QED) is 0.752. The Balaban J connectivity index is 1.89. The summed E-state index contributed by atoms with van der Waals surface area (Å²) in [6.07, 6.45) is 2.82. The predicted molar refractivity (Wildman–Crippen MR) is 65.1 cm³/mol. The molecule has 1 saturated heterocycles. The highest BCUT2D eigenvalue weighted by molar-refractivity contribution is 6.17. The van der Waals surface area contributed by atoms with Crippen molar-refractivity contribution in [2.24, 2.45) is 0 Å². The lowest BCUT2D eigenvalue weighted by molar-refractivity contribution is 0.0263. The van der Waals surface area contributed by atoms with Gasteiger partial charge in [0.15, 0.2) is 0 Å². The van der Waals surface area contributed by atoms with Crippen LogP contribution in [0.1, 0.15) is 25.3 Å². The first-order valence-electron chi connectivity index (χ1n) is 5.71. The van der Waals surface area contributed by atoms with Gasteiger partial charge in [-0.25, -0.2) is 0 Å². The maximum atomic E-state index is 5.84. The highest BCUT2D eigenvalue weighted by Crippen LogP contribution is 2.23. The minimum atomic E-state index is 0.235. The molecular weight excluding hydrogens is 224 g/mol. The van der Waals surface area contributed by atoms with Crippen LogP contribution in [0, 0.1) is 0 Å². The fraction of sp³-hybridized carbons (Fsp3) is 0.538. The Morgan fingerprint density at radius 1 is 1.38 bits per heavy atom. The van der Waals surface area contributed by atoms with Gasteiger partial charge in [0, 0.05) is 5.56 Å². The molecular formula is C13H17ClO2. The number of rotatable bonds is 4. The van der Waals surface area contributed by atoms with E-state index in [0.29, 0.717) is 18.6 Å². The van der Waals surface area contributed by atoms with Crippen LogP contribution in [0.3, 0.4) is 0 Å². The van der Waals surface area contributed by atoms with E-state index in [9.17, 15) is 0 Å². The fourth-order valence-corrected chi connectivity index (χ4v) is 2.17. The van der Waals surface area contributed by atoms with Gasteiger partial charge in [-0.05, 0) is 25.8 Å². The lowest BCUT2D eigenvalue weighted by Crippen LogP contribution is -2.18. The molecule has 1 aliphatic rings. The summed E-state index contributed by atoms with van der Waals surface area (Å²) >= 11 is 5.84. The number of hydrogen-bond donors (Lipinski definition) is 0. The number of hydrogen-bond acceptors (Lipinski definition) is 2. The fourth-order valence-electron chi connectivity index (χ4n) is 1.95. The molecule has 88 valence electrons. The Labute approximate surface area is 102 Å². The lowest BCUT2D eigenvalue weighted by atomic mass is 10.2. The monoisotopic (exact) mass is 240 g/mol. The zero-order chi connectivity index (χ0) is 11.4. The molecule has 2 nitrogen and oxygen atoms in total. The van der Waals surface area contributed by atoms with E-state index in [1.54, 1.807) is 0 Å². The Morgan fingerprint density at radius 3 is 2.88 bits per heavy atom. The summed E-state index contributed by atoms with van der Waals surface area (Å²) in [4.78, 5) is 0. The molecule has 3 heteroatoms. The van der Waals surface area contributed by atoms with Crippen molar-refractivity contribution in [3.05, 3.63) is 29.8 Å². The van der Waals surface area contributed by atoms with Crippen molar-refractivity contribution >= 4 is 11.6 Å². The third-order valence-electron chi connectivity index (χ3n) is 2.86.